The van der Waals surface area contributed by atoms with Gasteiger partial charge in [-0.2, -0.15) is 5.10 Å². The Balaban J connectivity index is 1.74. The van der Waals surface area contributed by atoms with Crippen molar-refractivity contribution in [2.75, 3.05) is 0 Å². The minimum atomic E-state index is 0.593. The molecule has 1 aromatic heterocycles. The molecule has 1 atom stereocenters. The number of benzene rings is 2. The summed E-state index contributed by atoms with van der Waals surface area (Å²) in [6, 6.07) is 21.0. The van der Waals surface area contributed by atoms with E-state index in [-0.39, 0.29) is 0 Å². The predicted molar refractivity (Wildman–Crippen MR) is 102 cm³/mol. The third-order valence-electron chi connectivity index (χ3n) is 5.38. The third-order valence-corrected chi connectivity index (χ3v) is 5.38. The zero-order valence-corrected chi connectivity index (χ0v) is 14.2. The summed E-state index contributed by atoms with van der Waals surface area (Å²) >= 11 is 0. The Hall–Kier alpha value is -2.68. The van der Waals surface area contributed by atoms with E-state index < -0.39 is 0 Å². The first kappa shape index (κ1) is 14.6. The minimum Gasteiger partial charge on any atom is -0.231 e. The van der Waals surface area contributed by atoms with Crippen molar-refractivity contribution in [3.8, 4) is 22.5 Å². The number of rotatable bonds is 2. The fourth-order valence-electron chi connectivity index (χ4n) is 4.12. The molecule has 3 aromatic rings. The highest BCUT2D eigenvalue weighted by Gasteiger charge is 2.30. The van der Waals surface area contributed by atoms with Crippen molar-refractivity contribution < 1.29 is 0 Å². The van der Waals surface area contributed by atoms with E-state index in [9.17, 15) is 0 Å². The summed E-state index contributed by atoms with van der Waals surface area (Å²) in [5.41, 5.74) is 5.88. The van der Waals surface area contributed by atoms with Crippen LogP contribution in [0.3, 0.4) is 0 Å². The van der Waals surface area contributed by atoms with Gasteiger partial charge in [-0.15, -0.1) is 0 Å². The van der Waals surface area contributed by atoms with Crippen molar-refractivity contribution in [1.29, 1.82) is 0 Å². The summed E-state index contributed by atoms with van der Waals surface area (Å²) < 4.78 is 2.12. The molecular formula is C22H21N3. The van der Waals surface area contributed by atoms with Gasteiger partial charge >= 0.3 is 0 Å². The van der Waals surface area contributed by atoms with E-state index in [0.717, 1.165) is 35.6 Å². The molecule has 0 spiro atoms. The lowest BCUT2D eigenvalue weighted by atomic mass is 9.84. The smallest absolute Gasteiger partial charge is 0.132 e. The van der Waals surface area contributed by atoms with Crippen LogP contribution in [-0.4, -0.2) is 15.4 Å². The van der Waals surface area contributed by atoms with Crippen LogP contribution in [0, 0.1) is 5.92 Å². The lowest BCUT2D eigenvalue weighted by Gasteiger charge is -2.27. The van der Waals surface area contributed by atoms with Gasteiger partial charge in [0, 0.05) is 29.2 Å². The number of hydrogen-bond donors (Lipinski definition) is 0. The van der Waals surface area contributed by atoms with Gasteiger partial charge in [0.2, 0.25) is 0 Å². The molecule has 3 nitrogen and oxygen atoms in total. The van der Waals surface area contributed by atoms with Crippen LogP contribution < -0.4 is 0 Å². The first-order chi connectivity index (χ1) is 12.4. The van der Waals surface area contributed by atoms with Gasteiger partial charge in [0.25, 0.3) is 0 Å². The van der Waals surface area contributed by atoms with Gasteiger partial charge in [-0.05, 0) is 19.3 Å². The van der Waals surface area contributed by atoms with Gasteiger partial charge < -0.3 is 0 Å². The van der Waals surface area contributed by atoms with Gasteiger partial charge in [0.05, 0.1) is 5.69 Å². The number of hydrogen-bond acceptors (Lipinski definition) is 2. The molecule has 124 valence electrons. The second kappa shape index (κ2) is 5.99. The lowest BCUT2D eigenvalue weighted by Crippen LogP contribution is -2.27. The Kier molecular flexibility index (Phi) is 3.51. The molecule has 0 saturated heterocycles. The number of fused-ring (bicyclic) bond motifs is 2. The van der Waals surface area contributed by atoms with Gasteiger partial charge in [-0.25, -0.2) is 9.66 Å². The Morgan fingerprint density at radius 2 is 1.56 bits per heavy atom. The molecule has 1 fully saturated rings. The lowest BCUT2D eigenvalue weighted by molar-refractivity contribution is 0.484. The maximum Gasteiger partial charge on any atom is 0.132 e. The number of nitrogens with zero attached hydrogens (tertiary/aromatic N) is 3. The highest BCUT2D eigenvalue weighted by atomic mass is 15.4. The molecule has 1 unspecified atom stereocenters. The molecule has 3 heteroatoms. The zero-order chi connectivity index (χ0) is 16.6. The van der Waals surface area contributed by atoms with Gasteiger partial charge in [0.15, 0.2) is 0 Å². The largest absolute Gasteiger partial charge is 0.231 e. The summed E-state index contributed by atoms with van der Waals surface area (Å²) in [5.74, 6) is 1.70. The first-order valence-electron chi connectivity index (χ1n) is 9.20. The molecule has 0 radical (unpaired) electrons. The summed E-state index contributed by atoms with van der Waals surface area (Å²) in [4.78, 5) is 5.04. The molecule has 1 saturated carbocycles. The third kappa shape index (κ3) is 2.51. The van der Waals surface area contributed by atoms with Crippen LogP contribution in [0.2, 0.25) is 0 Å². The van der Waals surface area contributed by atoms with Crippen LogP contribution >= 0.6 is 0 Å². The molecule has 0 bridgehead atoms. The molecule has 0 amide bonds. The second-order valence-corrected chi connectivity index (χ2v) is 7.01. The van der Waals surface area contributed by atoms with Crippen molar-refractivity contribution in [2.45, 2.75) is 32.1 Å². The van der Waals surface area contributed by atoms with Crippen molar-refractivity contribution in [3.63, 3.8) is 0 Å². The van der Waals surface area contributed by atoms with E-state index in [1.807, 2.05) is 0 Å². The molecule has 1 aliphatic carbocycles. The van der Waals surface area contributed by atoms with Gasteiger partial charge in [-0.3, -0.25) is 0 Å². The molecule has 1 aliphatic heterocycles. The van der Waals surface area contributed by atoms with E-state index in [2.05, 4.69) is 65.3 Å². The highest BCUT2D eigenvalue weighted by Crippen LogP contribution is 2.37. The Bertz CT molecular complexity index is 923. The van der Waals surface area contributed by atoms with Crippen molar-refractivity contribution in [3.05, 3.63) is 66.5 Å². The maximum absolute atomic E-state index is 5.06. The number of aromatic nitrogens is 2. The quantitative estimate of drug-likeness (QED) is 0.639. The first-order valence-corrected chi connectivity index (χ1v) is 9.20. The zero-order valence-electron chi connectivity index (χ0n) is 14.2. The average Bonchev–Trinajstić information content (AvgIpc) is 3.06. The standard InChI is InChI=1S/C22H21N3/c1-3-9-16(10-4-1)21-22(17-11-5-2-6-12-17)25-20(23-21)15-18-13-7-8-14-19(18)24-25/h1-6,9-12,18H,7-8,13-15H2. The Morgan fingerprint density at radius 3 is 2.32 bits per heavy atom. The van der Waals surface area contributed by atoms with Crippen molar-refractivity contribution in [1.82, 2.24) is 9.66 Å². The van der Waals surface area contributed by atoms with E-state index in [1.165, 1.54) is 30.5 Å². The van der Waals surface area contributed by atoms with Crippen LogP contribution in [-0.2, 0) is 6.42 Å². The predicted octanol–water partition coefficient (Wildman–Crippen LogP) is 5.17. The Morgan fingerprint density at radius 1 is 0.840 bits per heavy atom. The highest BCUT2D eigenvalue weighted by molar-refractivity contribution is 5.89. The molecule has 2 heterocycles. The molecule has 0 N–H and O–H groups in total. The second-order valence-electron chi connectivity index (χ2n) is 7.01. The van der Waals surface area contributed by atoms with Crippen LogP contribution in [0.25, 0.3) is 22.5 Å². The van der Waals surface area contributed by atoms with Gasteiger partial charge in [-0.1, -0.05) is 67.1 Å². The number of imidazole rings is 1. The Labute approximate surface area is 148 Å². The monoisotopic (exact) mass is 327 g/mol. The molecular weight excluding hydrogens is 306 g/mol. The van der Waals surface area contributed by atoms with Crippen molar-refractivity contribution in [2.24, 2.45) is 11.0 Å². The fraction of sp³-hybridized carbons (Fsp3) is 0.273. The molecule has 2 aromatic carbocycles. The van der Waals surface area contributed by atoms with E-state index in [4.69, 9.17) is 10.1 Å². The SMILES string of the molecule is c1ccc(-c2nc3n(c2-c2ccccc2)N=C2CCCCC2C3)cc1. The van der Waals surface area contributed by atoms with Crippen LogP contribution in [0.15, 0.2) is 65.8 Å². The molecule has 25 heavy (non-hydrogen) atoms. The van der Waals surface area contributed by atoms with Crippen LogP contribution in [0.5, 0.6) is 0 Å². The fourth-order valence-corrected chi connectivity index (χ4v) is 4.12. The summed E-state index contributed by atoms with van der Waals surface area (Å²) in [6.07, 6.45) is 6.00. The maximum atomic E-state index is 5.06. The molecule has 2 aliphatic rings. The average molecular weight is 327 g/mol. The van der Waals surface area contributed by atoms with E-state index in [0.29, 0.717) is 5.92 Å². The van der Waals surface area contributed by atoms with E-state index in [1.54, 1.807) is 0 Å². The summed E-state index contributed by atoms with van der Waals surface area (Å²) in [7, 11) is 0. The normalized spacial score (nSPS) is 19.0. The molecule has 5 rings (SSSR count). The van der Waals surface area contributed by atoms with Crippen LogP contribution in [0.1, 0.15) is 31.5 Å². The van der Waals surface area contributed by atoms with Crippen LogP contribution in [0.4, 0.5) is 0 Å². The van der Waals surface area contributed by atoms with Crippen molar-refractivity contribution >= 4 is 5.71 Å². The van der Waals surface area contributed by atoms with E-state index >= 15 is 0 Å². The topological polar surface area (TPSA) is 30.2 Å². The van der Waals surface area contributed by atoms with Gasteiger partial charge in [0.1, 0.15) is 11.5 Å². The minimum absolute atomic E-state index is 0.593. The summed E-state index contributed by atoms with van der Waals surface area (Å²) in [5, 5.41) is 5.06. The summed E-state index contributed by atoms with van der Waals surface area (Å²) in [6.45, 7) is 0.